The lowest BCUT2D eigenvalue weighted by molar-refractivity contribution is 0.0977. The van der Waals surface area contributed by atoms with E-state index in [4.69, 9.17) is 0 Å². The molecule has 1 fully saturated rings. The molecule has 0 radical (unpaired) electrons. The molecule has 1 heteroatoms. The first-order chi connectivity index (χ1) is 7.16. The molecule has 0 saturated heterocycles. The number of Topliss-reactive ketones (excluding diaryl/α,β-unsaturated/α-hetero) is 1. The van der Waals surface area contributed by atoms with Crippen molar-refractivity contribution in [2.45, 2.75) is 39.5 Å². The van der Waals surface area contributed by atoms with Crippen LogP contribution in [-0.2, 0) is 0 Å². The summed E-state index contributed by atoms with van der Waals surface area (Å²) in [6.45, 7) is 4.09. The normalized spacial score (nSPS) is 15.3. The summed E-state index contributed by atoms with van der Waals surface area (Å²) in [6.07, 6.45) is 4.49. The molecule has 0 heterocycles. The zero-order chi connectivity index (χ0) is 10.8. The smallest absolute Gasteiger partial charge is 0.163 e. The van der Waals surface area contributed by atoms with Gasteiger partial charge in [-0.3, -0.25) is 4.79 Å². The van der Waals surface area contributed by atoms with Crippen molar-refractivity contribution in [3.8, 4) is 0 Å². The van der Waals surface area contributed by atoms with E-state index in [1.165, 1.54) is 18.4 Å². The van der Waals surface area contributed by atoms with Gasteiger partial charge in [0.1, 0.15) is 0 Å². The van der Waals surface area contributed by atoms with E-state index in [9.17, 15) is 4.79 Å². The van der Waals surface area contributed by atoms with Crippen molar-refractivity contribution < 1.29 is 4.79 Å². The van der Waals surface area contributed by atoms with E-state index >= 15 is 0 Å². The number of ketones is 1. The number of hydrogen-bond donors (Lipinski definition) is 0. The predicted octanol–water partition coefficient (Wildman–Crippen LogP) is 3.68. The van der Waals surface area contributed by atoms with E-state index in [1.54, 1.807) is 0 Å². The summed E-state index contributed by atoms with van der Waals surface area (Å²) in [5.41, 5.74) is 3.27. The molecule has 0 amide bonds. The summed E-state index contributed by atoms with van der Waals surface area (Å²) in [7, 11) is 0. The molecule has 0 unspecified atom stereocenters. The van der Waals surface area contributed by atoms with Crippen LogP contribution in [0.4, 0.5) is 0 Å². The van der Waals surface area contributed by atoms with Crippen molar-refractivity contribution in [3.05, 3.63) is 34.9 Å². The van der Waals surface area contributed by atoms with Gasteiger partial charge in [0.05, 0.1) is 0 Å². The van der Waals surface area contributed by atoms with Crippen LogP contribution in [0.3, 0.4) is 0 Å². The van der Waals surface area contributed by atoms with Crippen LogP contribution in [-0.4, -0.2) is 5.78 Å². The van der Waals surface area contributed by atoms with Crippen LogP contribution < -0.4 is 0 Å². The third-order valence-corrected chi connectivity index (χ3v) is 3.16. The third-order valence-electron chi connectivity index (χ3n) is 3.16. The van der Waals surface area contributed by atoms with Gasteiger partial charge < -0.3 is 0 Å². The van der Waals surface area contributed by atoms with Crippen LogP contribution in [0.5, 0.6) is 0 Å². The van der Waals surface area contributed by atoms with Gasteiger partial charge >= 0.3 is 0 Å². The molecule has 15 heavy (non-hydrogen) atoms. The maximum absolute atomic E-state index is 11.9. The Labute approximate surface area is 91.5 Å². The second kappa shape index (κ2) is 4.18. The molecule has 1 aliphatic carbocycles. The number of hydrogen-bond acceptors (Lipinski definition) is 1. The number of rotatable bonds is 4. The highest BCUT2D eigenvalue weighted by Gasteiger charge is 2.22. The Morgan fingerprint density at radius 2 is 2.07 bits per heavy atom. The molecule has 1 saturated carbocycles. The summed E-state index contributed by atoms with van der Waals surface area (Å²) >= 11 is 0. The molecule has 0 N–H and O–H groups in total. The van der Waals surface area contributed by atoms with Crippen molar-refractivity contribution in [1.82, 2.24) is 0 Å². The number of aryl methyl sites for hydroxylation is 2. The lowest BCUT2D eigenvalue weighted by atomic mass is 9.99. The minimum Gasteiger partial charge on any atom is -0.294 e. The lowest BCUT2D eigenvalue weighted by Gasteiger charge is -2.05. The Balaban J connectivity index is 2.03. The van der Waals surface area contributed by atoms with Crippen LogP contribution in [0.2, 0.25) is 0 Å². The van der Waals surface area contributed by atoms with Crippen LogP contribution in [0.15, 0.2) is 18.2 Å². The van der Waals surface area contributed by atoms with Crippen LogP contribution in [0, 0.1) is 19.8 Å². The summed E-state index contributed by atoms with van der Waals surface area (Å²) < 4.78 is 0. The molecule has 0 aromatic heterocycles. The highest BCUT2D eigenvalue weighted by atomic mass is 16.1. The predicted molar refractivity (Wildman–Crippen MR) is 62.2 cm³/mol. The summed E-state index contributed by atoms with van der Waals surface area (Å²) in [5, 5.41) is 0. The van der Waals surface area contributed by atoms with Gasteiger partial charge in [-0.2, -0.15) is 0 Å². The highest BCUT2D eigenvalue weighted by Crippen LogP contribution is 2.34. The largest absolute Gasteiger partial charge is 0.294 e. The maximum Gasteiger partial charge on any atom is 0.163 e. The summed E-state index contributed by atoms with van der Waals surface area (Å²) in [4.78, 5) is 11.9. The topological polar surface area (TPSA) is 17.1 Å². The van der Waals surface area contributed by atoms with E-state index in [1.807, 2.05) is 19.1 Å². The molecule has 2 rings (SSSR count). The molecule has 0 bridgehead atoms. The van der Waals surface area contributed by atoms with E-state index in [-0.39, 0.29) is 0 Å². The van der Waals surface area contributed by atoms with Gasteiger partial charge in [0.15, 0.2) is 5.78 Å². The van der Waals surface area contributed by atoms with E-state index in [0.717, 1.165) is 29.9 Å². The van der Waals surface area contributed by atoms with Gasteiger partial charge in [-0.25, -0.2) is 0 Å². The summed E-state index contributed by atoms with van der Waals surface area (Å²) in [6, 6.07) is 6.08. The van der Waals surface area contributed by atoms with Gasteiger partial charge in [-0.15, -0.1) is 0 Å². The fraction of sp³-hybridized carbons (Fsp3) is 0.500. The van der Waals surface area contributed by atoms with Crippen molar-refractivity contribution in [2.24, 2.45) is 5.92 Å². The highest BCUT2D eigenvalue weighted by molar-refractivity contribution is 5.97. The summed E-state index contributed by atoms with van der Waals surface area (Å²) in [5.74, 6) is 1.17. The molecule has 0 aliphatic heterocycles. The molecular weight excluding hydrogens is 184 g/mol. The SMILES string of the molecule is Cc1ccc(C(=O)CCC2CC2)c(C)c1. The maximum atomic E-state index is 11.9. The number of carbonyl (C=O) groups excluding carboxylic acids is 1. The molecule has 1 nitrogen and oxygen atoms in total. The molecule has 1 aromatic rings. The Morgan fingerprint density at radius 3 is 2.67 bits per heavy atom. The zero-order valence-corrected chi connectivity index (χ0v) is 9.55. The van der Waals surface area contributed by atoms with Gasteiger partial charge in [0, 0.05) is 12.0 Å². The molecule has 80 valence electrons. The van der Waals surface area contributed by atoms with Gasteiger partial charge in [-0.1, -0.05) is 36.6 Å². The Hall–Kier alpha value is -1.11. The van der Waals surface area contributed by atoms with Crippen molar-refractivity contribution in [3.63, 3.8) is 0 Å². The van der Waals surface area contributed by atoms with Crippen molar-refractivity contribution in [2.75, 3.05) is 0 Å². The van der Waals surface area contributed by atoms with Crippen molar-refractivity contribution >= 4 is 5.78 Å². The molecular formula is C14H18O. The fourth-order valence-electron chi connectivity index (χ4n) is 2.00. The zero-order valence-electron chi connectivity index (χ0n) is 9.55. The first kappa shape index (κ1) is 10.4. The van der Waals surface area contributed by atoms with E-state index in [0.29, 0.717) is 5.78 Å². The fourth-order valence-corrected chi connectivity index (χ4v) is 2.00. The number of carbonyl (C=O) groups is 1. The Morgan fingerprint density at radius 1 is 1.33 bits per heavy atom. The minimum absolute atomic E-state index is 0.319. The van der Waals surface area contributed by atoms with E-state index in [2.05, 4.69) is 13.0 Å². The molecule has 1 aliphatic rings. The first-order valence-electron chi connectivity index (χ1n) is 5.77. The quantitative estimate of drug-likeness (QED) is 0.681. The average molecular weight is 202 g/mol. The second-order valence-corrected chi connectivity index (χ2v) is 4.72. The van der Waals surface area contributed by atoms with Gasteiger partial charge in [0.2, 0.25) is 0 Å². The van der Waals surface area contributed by atoms with Crippen molar-refractivity contribution in [1.29, 1.82) is 0 Å². The molecule has 0 atom stereocenters. The van der Waals surface area contributed by atoms with Crippen LogP contribution in [0.1, 0.15) is 47.2 Å². The Bertz CT molecular complexity index is 375. The number of benzene rings is 1. The monoisotopic (exact) mass is 202 g/mol. The Kier molecular flexibility index (Phi) is 2.90. The van der Waals surface area contributed by atoms with Crippen LogP contribution in [0.25, 0.3) is 0 Å². The minimum atomic E-state index is 0.319. The van der Waals surface area contributed by atoms with Crippen LogP contribution >= 0.6 is 0 Å². The average Bonchev–Trinajstić information content (AvgIpc) is 2.97. The van der Waals surface area contributed by atoms with Gasteiger partial charge in [0.25, 0.3) is 0 Å². The van der Waals surface area contributed by atoms with E-state index < -0.39 is 0 Å². The standard InChI is InChI=1S/C14H18O/c1-10-3-7-13(11(2)9-10)14(15)8-6-12-4-5-12/h3,7,9,12H,4-6,8H2,1-2H3. The second-order valence-electron chi connectivity index (χ2n) is 4.72. The molecule has 1 aromatic carbocycles. The lowest BCUT2D eigenvalue weighted by Crippen LogP contribution is -2.02. The molecule has 0 spiro atoms. The first-order valence-corrected chi connectivity index (χ1v) is 5.77. The van der Waals surface area contributed by atoms with Gasteiger partial charge in [-0.05, 0) is 31.7 Å². The third kappa shape index (κ3) is 2.68.